The Kier molecular flexibility index (Phi) is 3.45. The van der Waals surface area contributed by atoms with Crippen LogP contribution in [0, 0.1) is 11.3 Å². The summed E-state index contributed by atoms with van der Waals surface area (Å²) >= 11 is 0. The third-order valence-electron chi connectivity index (χ3n) is 4.46. The summed E-state index contributed by atoms with van der Waals surface area (Å²) in [7, 11) is 0. The zero-order chi connectivity index (χ0) is 10.7. The SMILES string of the molecule is NCC1(CC(=O)C2CCCCC2)CCC1. The van der Waals surface area contributed by atoms with E-state index < -0.39 is 0 Å². The Morgan fingerprint density at radius 1 is 1.13 bits per heavy atom. The molecule has 0 heterocycles. The quantitative estimate of drug-likeness (QED) is 0.773. The van der Waals surface area contributed by atoms with Gasteiger partial charge in [-0.25, -0.2) is 0 Å². The monoisotopic (exact) mass is 209 g/mol. The predicted octanol–water partition coefficient (Wildman–Crippen LogP) is 2.65. The van der Waals surface area contributed by atoms with Crippen LogP contribution in [0.5, 0.6) is 0 Å². The highest BCUT2D eigenvalue weighted by Gasteiger charge is 2.38. The van der Waals surface area contributed by atoms with Gasteiger partial charge in [-0.2, -0.15) is 0 Å². The van der Waals surface area contributed by atoms with Crippen LogP contribution in [0.25, 0.3) is 0 Å². The molecule has 0 aromatic rings. The van der Waals surface area contributed by atoms with E-state index in [1.54, 1.807) is 0 Å². The molecule has 0 aromatic heterocycles. The first-order chi connectivity index (χ1) is 7.26. The molecular weight excluding hydrogens is 186 g/mol. The molecule has 2 heteroatoms. The summed E-state index contributed by atoms with van der Waals surface area (Å²) in [4.78, 5) is 12.1. The van der Waals surface area contributed by atoms with Gasteiger partial charge in [-0.05, 0) is 37.6 Å². The molecule has 0 amide bonds. The molecule has 0 atom stereocenters. The maximum absolute atomic E-state index is 12.1. The summed E-state index contributed by atoms with van der Waals surface area (Å²) in [6.07, 6.45) is 10.5. The van der Waals surface area contributed by atoms with Crippen molar-refractivity contribution in [3.63, 3.8) is 0 Å². The maximum atomic E-state index is 12.1. The van der Waals surface area contributed by atoms with Gasteiger partial charge in [0.2, 0.25) is 0 Å². The molecule has 0 radical (unpaired) electrons. The summed E-state index contributed by atoms with van der Waals surface area (Å²) in [6, 6.07) is 0. The Bertz CT molecular complexity index is 221. The summed E-state index contributed by atoms with van der Waals surface area (Å²) in [6.45, 7) is 0.714. The van der Waals surface area contributed by atoms with Crippen molar-refractivity contribution in [1.82, 2.24) is 0 Å². The Labute approximate surface area is 92.6 Å². The van der Waals surface area contributed by atoms with Crippen molar-refractivity contribution in [1.29, 1.82) is 0 Å². The minimum Gasteiger partial charge on any atom is -0.330 e. The Balaban J connectivity index is 1.85. The molecule has 2 N–H and O–H groups in total. The molecule has 2 fully saturated rings. The third kappa shape index (κ3) is 2.41. The number of carbonyl (C=O) groups is 1. The van der Waals surface area contributed by atoms with Crippen LogP contribution in [0.1, 0.15) is 57.8 Å². The summed E-state index contributed by atoms with van der Waals surface area (Å²) in [5.41, 5.74) is 6.01. The van der Waals surface area contributed by atoms with Crippen molar-refractivity contribution < 1.29 is 4.79 Å². The normalized spacial score (nSPS) is 25.9. The molecule has 0 unspecified atom stereocenters. The van der Waals surface area contributed by atoms with E-state index in [1.165, 1.54) is 38.5 Å². The van der Waals surface area contributed by atoms with Gasteiger partial charge in [0.05, 0.1) is 0 Å². The van der Waals surface area contributed by atoms with Gasteiger partial charge in [-0.3, -0.25) is 4.79 Å². The molecule has 0 bridgehead atoms. The Morgan fingerprint density at radius 2 is 1.80 bits per heavy atom. The zero-order valence-corrected chi connectivity index (χ0v) is 9.63. The standard InChI is InChI=1S/C13H23NO/c14-10-13(7-4-8-13)9-12(15)11-5-2-1-3-6-11/h11H,1-10,14H2. The maximum Gasteiger partial charge on any atom is 0.136 e. The van der Waals surface area contributed by atoms with Crippen LogP contribution in [0.15, 0.2) is 0 Å². The number of nitrogens with two attached hydrogens (primary N) is 1. The highest BCUT2D eigenvalue weighted by atomic mass is 16.1. The lowest BCUT2D eigenvalue weighted by Gasteiger charge is -2.41. The van der Waals surface area contributed by atoms with Crippen LogP contribution in [0.2, 0.25) is 0 Å². The van der Waals surface area contributed by atoms with Crippen molar-refractivity contribution in [3.8, 4) is 0 Å². The van der Waals surface area contributed by atoms with Crippen LogP contribution in [-0.4, -0.2) is 12.3 Å². The summed E-state index contributed by atoms with van der Waals surface area (Å²) < 4.78 is 0. The number of ketones is 1. The fraction of sp³-hybridized carbons (Fsp3) is 0.923. The van der Waals surface area contributed by atoms with Crippen molar-refractivity contribution in [3.05, 3.63) is 0 Å². The molecule has 0 saturated heterocycles. The van der Waals surface area contributed by atoms with Gasteiger partial charge in [0.1, 0.15) is 5.78 Å². The van der Waals surface area contributed by atoms with E-state index in [0.717, 1.165) is 19.3 Å². The van der Waals surface area contributed by atoms with E-state index in [9.17, 15) is 4.79 Å². The molecule has 2 aliphatic rings. The predicted molar refractivity (Wildman–Crippen MR) is 61.5 cm³/mol. The number of hydrogen-bond donors (Lipinski definition) is 1. The number of rotatable bonds is 4. The van der Waals surface area contributed by atoms with E-state index in [0.29, 0.717) is 18.2 Å². The topological polar surface area (TPSA) is 43.1 Å². The highest BCUT2D eigenvalue weighted by Crippen LogP contribution is 2.44. The summed E-state index contributed by atoms with van der Waals surface area (Å²) in [5, 5.41) is 0. The van der Waals surface area contributed by atoms with E-state index in [2.05, 4.69) is 0 Å². The van der Waals surface area contributed by atoms with Crippen LogP contribution in [-0.2, 0) is 4.79 Å². The molecule has 86 valence electrons. The fourth-order valence-electron chi connectivity index (χ4n) is 3.07. The van der Waals surface area contributed by atoms with Gasteiger partial charge < -0.3 is 5.73 Å². The van der Waals surface area contributed by atoms with Crippen molar-refractivity contribution >= 4 is 5.78 Å². The molecule has 0 aromatic carbocycles. The second-order valence-corrected chi connectivity index (χ2v) is 5.54. The molecule has 2 aliphatic carbocycles. The highest BCUT2D eigenvalue weighted by molar-refractivity contribution is 5.81. The lowest BCUT2D eigenvalue weighted by atomic mass is 9.64. The minimum absolute atomic E-state index is 0.217. The van der Waals surface area contributed by atoms with Crippen molar-refractivity contribution in [2.24, 2.45) is 17.1 Å². The largest absolute Gasteiger partial charge is 0.330 e. The Morgan fingerprint density at radius 3 is 2.27 bits per heavy atom. The second kappa shape index (κ2) is 4.65. The Hall–Kier alpha value is -0.370. The molecule has 2 nitrogen and oxygen atoms in total. The molecule has 2 saturated carbocycles. The zero-order valence-electron chi connectivity index (χ0n) is 9.63. The smallest absolute Gasteiger partial charge is 0.136 e. The van der Waals surface area contributed by atoms with Gasteiger partial charge in [0, 0.05) is 12.3 Å². The van der Waals surface area contributed by atoms with Crippen LogP contribution in [0.3, 0.4) is 0 Å². The van der Waals surface area contributed by atoms with Crippen LogP contribution < -0.4 is 5.73 Å². The number of carbonyl (C=O) groups excluding carboxylic acids is 1. The van der Waals surface area contributed by atoms with Gasteiger partial charge >= 0.3 is 0 Å². The summed E-state index contributed by atoms with van der Waals surface area (Å²) in [5.74, 6) is 0.891. The first-order valence-electron chi connectivity index (χ1n) is 6.49. The number of Topliss-reactive ketones (excluding diaryl/α,β-unsaturated/α-hetero) is 1. The number of hydrogen-bond acceptors (Lipinski definition) is 2. The minimum atomic E-state index is 0.217. The molecular formula is C13H23NO. The molecule has 0 aliphatic heterocycles. The van der Waals surface area contributed by atoms with Gasteiger partial charge in [-0.1, -0.05) is 25.7 Å². The van der Waals surface area contributed by atoms with Crippen molar-refractivity contribution in [2.75, 3.05) is 6.54 Å². The third-order valence-corrected chi connectivity index (χ3v) is 4.46. The van der Waals surface area contributed by atoms with Crippen molar-refractivity contribution in [2.45, 2.75) is 57.8 Å². The van der Waals surface area contributed by atoms with Gasteiger partial charge in [0.15, 0.2) is 0 Å². The van der Waals surface area contributed by atoms with E-state index in [-0.39, 0.29) is 5.41 Å². The van der Waals surface area contributed by atoms with Crippen LogP contribution in [0.4, 0.5) is 0 Å². The van der Waals surface area contributed by atoms with E-state index in [1.807, 2.05) is 0 Å². The fourth-order valence-corrected chi connectivity index (χ4v) is 3.07. The van der Waals surface area contributed by atoms with E-state index >= 15 is 0 Å². The second-order valence-electron chi connectivity index (χ2n) is 5.54. The average molecular weight is 209 g/mol. The van der Waals surface area contributed by atoms with Crippen LogP contribution >= 0.6 is 0 Å². The van der Waals surface area contributed by atoms with E-state index in [4.69, 9.17) is 5.73 Å². The molecule has 0 spiro atoms. The molecule has 2 rings (SSSR count). The average Bonchev–Trinajstić information content (AvgIpc) is 2.24. The first kappa shape index (κ1) is 11.1. The lowest BCUT2D eigenvalue weighted by molar-refractivity contribution is -0.127. The molecule has 15 heavy (non-hydrogen) atoms. The lowest BCUT2D eigenvalue weighted by Crippen LogP contribution is -2.40. The van der Waals surface area contributed by atoms with Gasteiger partial charge in [0.25, 0.3) is 0 Å². The first-order valence-corrected chi connectivity index (χ1v) is 6.49. The van der Waals surface area contributed by atoms with Gasteiger partial charge in [-0.15, -0.1) is 0 Å².